The molecule has 212 valence electrons. The van der Waals surface area contributed by atoms with E-state index in [1.807, 2.05) is 85.8 Å². The zero-order valence-corrected chi connectivity index (χ0v) is 24.7. The molecule has 0 radical (unpaired) electrons. The Morgan fingerprint density at radius 3 is 2.12 bits per heavy atom. The third-order valence-corrected chi connectivity index (χ3v) is 8.10. The van der Waals surface area contributed by atoms with Gasteiger partial charge in [-0.25, -0.2) is 4.79 Å². The molecule has 0 aliphatic rings. The van der Waals surface area contributed by atoms with E-state index < -0.39 is 5.97 Å². The Morgan fingerprint density at radius 1 is 0.857 bits per heavy atom. The van der Waals surface area contributed by atoms with Crippen molar-refractivity contribution in [1.29, 1.82) is 0 Å². The lowest BCUT2D eigenvalue weighted by atomic mass is 9.97. The van der Waals surface area contributed by atoms with Crippen molar-refractivity contribution in [2.45, 2.75) is 32.2 Å². The summed E-state index contributed by atoms with van der Waals surface area (Å²) in [5, 5.41) is 5.65. The summed E-state index contributed by atoms with van der Waals surface area (Å²) in [5.74, 6) is -0.0771. The highest BCUT2D eigenvalue weighted by atomic mass is 32.2. The number of aryl methyl sites for hydroxylation is 2. The fourth-order valence-corrected chi connectivity index (χ4v) is 5.77. The lowest BCUT2D eigenvalue weighted by Crippen LogP contribution is -2.18. The van der Waals surface area contributed by atoms with Crippen LogP contribution in [-0.4, -0.2) is 40.7 Å². The molecule has 0 saturated heterocycles. The predicted molar refractivity (Wildman–Crippen MR) is 167 cm³/mol. The van der Waals surface area contributed by atoms with Gasteiger partial charge in [-0.15, -0.1) is 11.8 Å². The maximum atomic E-state index is 13.7. The fraction of sp³-hybridized carbons (Fsp3) is 0.176. The van der Waals surface area contributed by atoms with E-state index in [-0.39, 0.29) is 23.0 Å². The molecule has 0 N–H and O–H groups in total. The van der Waals surface area contributed by atoms with Gasteiger partial charge in [0.2, 0.25) is 5.78 Å². The number of benzene rings is 4. The third-order valence-electron chi connectivity index (χ3n) is 7.08. The molecule has 0 fully saturated rings. The van der Waals surface area contributed by atoms with Crippen LogP contribution in [0.4, 0.5) is 0 Å². The third kappa shape index (κ3) is 5.85. The average molecular weight is 579 g/mol. The summed E-state index contributed by atoms with van der Waals surface area (Å²) < 4.78 is 7.38. The second-order valence-corrected chi connectivity index (χ2v) is 10.8. The molecule has 0 atom stereocenters. The summed E-state index contributed by atoms with van der Waals surface area (Å²) in [6.45, 7) is 5.94. The Bertz CT molecular complexity index is 1850. The quantitative estimate of drug-likeness (QED) is 0.0570. The molecule has 5 aromatic rings. The largest absolute Gasteiger partial charge is 0.497 e. The maximum Gasteiger partial charge on any atom is 0.331 e. The minimum Gasteiger partial charge on any atom is -0.497 e. The van der Waals surface area contributed by atoms with Gasteiger partial charge in [0.25, 0.3) is 0 Å². The molecule has 8 heteroatoms. The van der Waals surface area contributed by atoms with E-state index in [0.717, 1.165) is 44.6 Å². The number of nitrogens with zero attached hydrogens (tertiary/aromatic N) is 2. The summed E-state index contributed by atoms with van der Waals surface area (Å²) in [6.07, 6.45) is 0. The molecule has 0 aliphatic carbocycles. The van der Waals surface area contributed by atoms with E-state index in [1.165, 1.54) is 18.7 Å². The summed E-state index contributed by atoms with van der Waals surface area (Å²) in [4.78, 5) is 44.5. The Morgan fingerprint density at radius 2 is 1.50 bits per heavy atom. The van der Waals surface area contributed by atoms with Gasteiger partial charge in [-0.2, -0.15) is 0 Å². The second kappa shape index (κ2) is 12.4. The van der Waals surface area contributed by atoms with Crippen molar-refractivity contribution in [3.8, 4) is 5.75 Å². The zero-order valence-electron chi connectivity index (χ0n) is 23.8. The molecule has 0 amide bonds. The minimum atomic E-state index is -0.609. The number of carbonyl (C=O) groups excluding carboxylic acids is 3. The Kier molecular flexibility index (Phi) is 8.54. The van der Waals surface area contributed by atoms with E-state index >= 15 is 0 Å². The smallest absolute Gasteiger partial charge is 0.331 e. The van der Waals surface area contributed by atoms with Crippen LogP contribution in [0, 0.1) is 6.92 Å². The van der Waals surface area contributed by atoms with E-state index in [0.29, 0.717) is 16.7 Å². The topological polar surface area (TPSA) is 87.0 Å². The number of thioether (sulfide) groups is 1. The van der Waals surface area contributed by atoms with E-state index in [1.54, 1.807) is 13.2 Å². The first-order valence-electron chi connectivity index (χ1n) is 13.5. The number of aromatic nitrogens is 1. The van der Waals surface area contributed by atoms with Crippen LogP contribution in [0.5, 0.6) is 5.75 Å². The van der Waals surface area contributed by atoms with Gasteiger partial charge >= 0.3 is 5.97 Å². The van der Waals surface area contributed by atoms with Gasteiger partial charge in [-0.05, 0) is 80.1 Å². The normalized spacial score (nSPS) is 11.6. The maximum absolute atomic E-state index is 13.7. The summed E-state index contributed by atoms with van der Waals surface area (Å²) in [5.41, 5.74) is 4.61. The van der Waals surface area contributed by atoms with Gasteiger partial charge in [0.05, 0.1) is 7.11 Å². The molecule has 5 rings (SSSR count). The van der Waals surface area contributed by atoms with Crippen molar-refractivity contribution in [3.05, 3.63) is 107 Å². The molecule has 7 nitrogen and oxygen atoms in total. The first-order chi connectivity index (χ1) is 20.3. The SMILES string of the molecule is CCn1c2ccc(C(=O)/C(CSc3ccc(OC)cc3)=N/OC(C)=O)cc2c2cc(C(=O)c3ccccc3C)ccc21. The highest BCUT2D eigenvalue weighted by Crippen LogP contribution is 2.32. The second-order valence-electron chi connectivity index (χ2n) is 9.77. The van der Waals surface area contributed by atoms with Crippen LogP contribution in [0.2, 0.25) is 0 Å². The highest BCUT2D eigenvalue weighted by Gasteiger charge is 2.20. The predicted octanol–water partition coefficient (Wildman–Crippen LogP) is 7.26. The van der Waals surface area contributed by atoms with Crippen LogP contribution in [0.25, 0.3) is 21.8 Å². The van der Waals surface area contributed by atoms with Crippen LogP contribution in [0.1, 0.15) is 45.7 Å². The zero-order chi connectivity index (χ0) is 29.8. The molecule has 1 heterocycles. The number of methoxy groups -OCH3 is 1. The lowest BCUT2D eigenvalue weighted by Gasteiger charge is -2.07. The summed E-state index contributed by atoms with van der Waals surface area (Å²) >= 11 is 1.40. The number of hydrogen-bond donors (Lipinski definition) is 0. The Hall–Kier alpha value is -4.69. The van der Waals surface area contributed by atoms with Gasteiger partial charge in [0.1, 0.15) is 11.5 Å². The number of ether oxygens (including phenoxy) is 1. The average Bonchev–Trinajstić information content (AvgIpc) is 3.33. The highest BCUT2D eigenvalue weighted by molar-refractivity contribution is 8.00. The molecule has 0 aliphatic heterocycles. The molecule has 1 aromatic heterocycles. The fourth-order valence-electron chi connectivity index (χ4n) is 4.95. The standard InChI is InChI=1S/C34H30N2O5S/c1-5-36-31-16-10-23(33(38)27-9-7-6-8-21(27)2)18-28(31)29-19-24(11-17-32(29)36)34(39)30(35-41-22(3)37)20-42-26-14-12-25(40-4)13-15-26/h6-19H,5,20H2,1-4H3/b35-30+. The molecule has 0 bridgehead atoms. The Balaban J connectivity index is 1.53. The van der Waals surface area contributed by atoms with Crippen molar-refractivity contribution in [2.24, 2.45) is 5.16 Å². The van der Waals surface area contributed by atoms with Crippen LogP contribution < -0.4 is 4.74 Å². The number of ketones is 2. The molecular formula is C34H30N2O5S. The lowest BCUT2D eigenvalue weighted by molar-refractivity contribution is -0.140. The van der Waals surface area contributed by atoms with Crippen molar-refractivity contribution in [1.82, 2.24) is 4.57 Å². The van der Waals surface area contributed by atoms with Gasteiger partial charge in [-0.3, -0.25) is 9.59 Å². The van der Waals surface area contributed by atoms with Crippen molar-refractivity contribution in [2.75, 3.05) is 12.9 Å². The number of hydrogen-bond acceptors (Lipinski definition) is 7. The molecule has 0 unspecified atom stereocenters. The van der Waals surface area contributed by atoms with E-state index in [2.05, 4.69) is 16.6 Å². The first-order valence-corrected chi connectivity index (χ1v) is 14.5. The van der Waals surface area contributed by atoms with Gasteiger partial charge < -0.3 is 14.1 Å². The molecule has 4 aromatic carbocycles. The molecule has 42 heavy (non-hydrogen) atoms. The van der Waals surface area contributed by atoms with Crippen LogP contribution in [0.15, 0.2) is 95.0 Å². The summed E-state index contributed by atoms with van der Waals surface area (Å²) in [6, 6.07) is 26.2. The van der Waals surface area contributed by atoms with Gasteiger partial charge in [-0.1, -0.05) is 29.4 Å². The molecule has 0 spiro atoms. The summed E-state index contributed by atoms with van der Waals surface area (Å²) in [7, 11) is 1.60. The monoisotopic (exact) mass is 578 g/mol. The van der Waals surface area contributed by atoms with E-state index in [4.69, 9.17) is 9.57 Å². The van der Waals surface area contributed by atoms with Crippen LogP contribution >= 0.6 is 11.8 Å². The van der Waals surface area contributed by atoms with E-state index in [9.17, 15) is 14.4 Å². The van der Waals surface area contributed by atoms with Crippen molar-refractivity contribution in [3.63, 3.8) is 0 Å². The van der Waals surface area contributed by atoms with Crippen molar-refractivity contribution < 1.29 is 24.0 Å². The van der Waals surface area contributed by atoms with Gasteiger partial charge in [0, 0.05) is 62.6 Å². The number of carbonyl (C=O) groups is 3. The number of Topliss-reactive ketones (excluding diaryl/α,β-unsaturated/α-hetero) is 1. The first kappa shape index (κ1) is 28.8. The number of rotatable bonds is 10. The molecular weight excluding hydrogens is 548 g/mol. The van der Waals surface area contributed by atoms with Crippen LogP contribution in [-0.2, 0) is 16.2 Å². The Labute approximate surface area is 248 Å². The molecule has 0 saturated carbocycles. The van der Waals surface area contributed by atoms with Gasteiger partial charge in [0.15, 0.2) is 5.78 Å². The van der Waals surface area contributed by atoms with Crippen LogP contribution in [0.3, 0.4) is 0 Å². The number of fused-ring (bicyclic) bond motifs is 3. The van der Waals surface area contributed by atoms with Crippen molar-refractivity contribution >= 4 is 56.8 Å². The minimum absolute atomic E-state index is 0.0500. The number of oxime groups is 1.